The van der Waals surface area contributed by atoms with Crippen LogP contribution in [0.4, 0.5) is 4.79 Å². The van der Waals surface area contributed by atoms with E-state index >= 15 is 0 Å². The molecule has 0 saturated heterocycles. The molecular formula is C20H23N3O3. The van der Waals surface area contributed by atoms with Crippen LogP contribution in [0.5, 0.6) is 0 Å². The van der Waals surface area contributed by atoms with E-state index in [1.54, 1.807) is 17.0 Å². The molecule has 2 aromatic rings. The molecule has 1 aliphatic heterocycles. The predicted molar refractivity (Wildman–Crippen MR) is 98.7 cm³/mol. The van der Waals surface area contributed by atoms with Crippen molar-refractivity contribution in [2.75, 3.05) is 19.8 Å². The summed E-state index contributed by atoms with van der Waals surface area (Å²) in [6, 6.07) is 14.5. The Morgan fingerprint density at radius 1 is 1.19 bits per heavy atom. The summed E-state index contributed by atoms with van der Waals surface area (Å²) >= 11 is 0. The molecule has 0 spiro atoms. The molecule has 3 N–H and O–H groups in total. The minimum Gasteiger partial charge on any atom is -0.380 e. The van der Waals surface area contributed by atoms with Crippen LogP contribution in [0.1, 0.15) is 40.0 Å². The minimum absolute atomic E-state index is 0.144. The highest BCUT2D eigenvalue weighted by atomic mass is 16.5. The molecule has 0 aromatic heterocycles. The van der Waals surface area contributed by atoms with Gasteiger partial charge in [-0.2, -0.15) is 0 Å². The average Bonchev–Trinajstić information content (AvgIpc) is 3.05. The zero-order valence-electron chi connectivity index (χ0n) is 14.8. The normalized spacial score (nSPS) is 15.6. The van der Waals surface area contributed by atoms with Crippen LogP contribution in [-0.2, 0) is 11.3 Å². The number of ether oxygens (including phenoxy) is 1. The molecule has 0 saturated carbocycles. The maximum atomic E-state index is 12.2. The predicted octanol–water partition coefficient (Wildman–Crippen LogP) is 2.44. The van der Waals surface area contributed by atoms with Gasteiger partial charge >= 0.3 is 6.03 Å². The number of hydrogen-bond donors (Lipinski definition) is 2. The summed E-state index contributed by atoms with van der Waals surface area (Å²) in [6.07, 6.45) is 0. The maximum absolute atomic E-state index is 12.2. The van der Waals surface area contributed by atoms with Gasteiger partial charge in [-0.3, -0.25) is 4.79 Å². The van der Waals surface area contributed by atoms with E-state index in [1.807, 2.05) is 43.3 Å². The first-order valence-corrected chi connectivity index (χ1v) is 8.71. The standard InChI is InChI=1S/C20H23N3O3/c1-2-26-12-11-22-19(24)15-9-7-14(8-10-15)18-17-6-4-3-5-16(17)13-23(18)20(21)25/h3-10,18H,2,11-13H2,1H3,(H2,21,25)(H,22,24). The lowest BCUT2D eigenvalue weighted by Crippen LogP contribution is -2.34. The van der Waals surface area contributed by atoms with Crippen LogP contribution in [0.25, 0.3) is 0 Å². The average molecular weight is 353 g/mol. The smallest absolute Gasteiger partial charge is 0.315 e. The van der Waals surface area contributed by atoms with Crippen molar-refractivity contribution in [3.05, 3.63) is 70.8 Å². The molecule has 1 atom stereocenters. The number of rotatable bonds is 6. The number of carbonyl (C=O) groups is 2. The van der Waals surface area contributed by atoms with Crippen molar-refractivity contribution in [2.24, 2.45) is 5.73 Å². The molecule has 1 aliphatic rings. The summed E-state index contributed by atoms with van der Waals surface area (Å²) in [5.74, 6) is -0.144. The van der Waals surface area contributed by atoms with E-state index in [4.69, 9.17) is 10.5 Å². The number of hydrogen-bond acceptors (Lipinski definition) is 3. The van der Waals surface area contributed by atoms with E-state index in [-0.39, 0.29) is 11.9 Å². The molecular weight excluding hydrogens is 330 g/mol. The molecule has 0 radical (unpaired) electrons. The Balaban J connectivity index is 1.77. The summed E-state index contributed by atoms with van der Waals surface area (Å²) in [5.41, 5.74) is 9.24. The Labute approximate surface area is 152 Å². The second-order valence-electron chi connectivity index (χ2n) is 6.14. The van der Waals surface area contributed by atoms with E-state index in [2.05, 4.69) is 5.32 Å². The Morgan fingerprint density at radius 2 is 1.92 bits per heavy atom. The fourth-order valence-electron chi connectivity index (χ4n) is 3.25. The number of benzene rings is 2. The lowest BCUT2D eigenvalue weighted by molar-refractivity contribution is 0.0922. The fourth-order valence-corrected chi connectivity index (χ4v) is 3.25. The van der Waals surface area contributed by atoms with Crippen LogP contribution in [0.3, 0.4) is 0 Å². The van der Waals surface area contributed by atoms with Crippen LogP contribution in [0.2, 0.25) is 0 Å². The lowest BCUT2D eigenvalue weighted by Gasteiger charge is -2.24. The van der Waals surface area contributed by atoms with Crippen molar-refractivity contribution < 1.29 is 14.3 Å². The van der Waals surface area contributed by atoms with Crippen molar-refractivity contribution in [3.8, 4) is 0 Å². The second-order valence-corrected chi connectivity index (χ2v) is 6.14. The van der Waals surface area contributed by atoms with Gasteiger partial charge in [-0.15, -0.1) is 0 Å². The highest BCUT2D eigenvalue weighted by molar-refractivity contribution is 5.94. The molecule has 0 bridgehead atoms. The minimum atomic E-state index is -0.455. The van der Waals surface area contributed by atoms with Gasteiger partial charge in [0.25, 0.3) is 5.91 Å². The van der Waals surface area contributed by atoms with E-state index in [9.17, 15) is 9.59 Å². The van der Waals surface area contributed by atoms with Crippen molar-refractivity contribution in [3.63, 3.8) is 0 Å². The number of amides is 3. The van der Waals surface area contributed by atoms with Gasteiger partial charge in [0, 0.05) is 25.3 Å². The summed E-state index contributed by atoms with van der Waals surface area (Å²) in [7, 11) is 0. The third kappa shape index (κ3) is 3.70. The Bertz CT molecular complexity index is 789. The van der Waals surface area contributed by atoms with Gasteiger partial charge in [0.15, 0.2) is 0 Å². The Kier molecular flexibility index (Phi) is 5.53. The van der Waals surface area contributed by atoms with Crippen LogP contribution < -0.4 is 11.1 Å². The number of urea groups is 1. The largest absolute Gasteiger partial charge is 0.380 e. The number of primary amides is 1. The molecule has 3 amide bonds. The van der Waals surface area contributed by atoms with Gasteiger partial charge in [-0.1, -0.05) is 36.4 Å². The molecule has 0 aliphatic carbocycles. The molecule has 26 heavy (non-hydrogen) atoms. The van der Waals surface area contributed by atoms with Gasteiger partial charge in [-0.25, -0.2) is 4.79 Å². The third-order valence-corrected chi connectivity index (χ3v) is 4.51. The molecule has 136 valence electrons. The van der Waals surface area contributed by atoms with E-state index in [0.29, 0.717) is 31.9 Å². The van der Waals surface area contributed by atoms with E-state index < -0.39 is 6.03 Å². The van der Waals surface area contributed by atoms with Crippen molar-refractivity contribution >= 4 is 11.9 Å². The highest BCUT2D eigenvalue weighted by Gasteiger charge is 2.33. The summed E-state index contributed by atoms with van der Waals surface area (Å²) < 4.78 is 5.21. The Morgan fingerprint density at radius 3 is 2.62 bits per heavy atom. The zero-order chi connectivity index (χ0) is 18.5. The molecule has 6 heteroatoms. The van der Waals surface area contributed by atoms with Gasteiger partial charge in [0.2, 0.25) is 0 Å². The first-order chi connectivity index (χ1) is 12.6. The first-order valence-electron chi connectivity index (χ1n) is 8.71. The lowest BCUT2D eigenvalue weighted by atomic mass is 9.97. The highest BCUT2D eigenvalue weighted by Crippen LogP contribution is 2.38. The van der Waals surface area contributed by atoms with Crippen LogP contribution >= 0.6 is 0 Å². The monoisotopic (exact) mass is 353 g/mol. The number of nitrogens with two attached hydrogens (primary N) is 1. The van der Waals surface area contributed by atoms with Crippen LogP contribution in [-0.4, -0.2) is 36.6 Å². The van der Waals surface area contributed by atoms with E-state index in [0.717, 1.165) is 16.7 Å². The summed E-state index contributed by atoms with van der Waals surface area (Å²) in [4.78, 5) is 25.7. The number of fused-ring (bicyclic) bond motifs is 1. The zero-order valence-corrected chi connectivity index (χ0v) is 14.8. The topological polar surface area (TPSA) is 84.7 Å². The van der Waals surface area contributed by atoms with E-state index in [1.165, 1.54) is 0 Å². The fraction of sp³-hybridized carbons (Fsp3) is 0.300. The quantitative estimate of drug-likeness (QED) is 0.782. The van der Waals surface area contributed by atoms with Gasteiger partial charge in [0.05, 0.1) is 12.6 Å². The summed E-state index contributed by atoms with van der Waals surface area (Å²) in [5, 5.41) is 2.82. The maximum Gasteiger partial charge on any atom is 0.315 e. The van der Waals surface area contributed by atoms with Crippen molar-refractivity contribution in [1.29, 1.82) is 0 Å². The molecule has 6 nitrogen and oxygen atoms in total. The Hall–Kier alpha value is -2.86. The van der Waals surface area contributed by atoms with Crippen LogP contribution in [0.15, 0.2) is 48.5 Å². The first kappa shape index (κ1) is 17.9. The molecule has 1 heterocycles. The van der Waals surface area contributed by atoms with Gasteiger partial charge < -0.3 is 20.7 Å². The number of nitrogens with one attached hydrogen (secondary N) is 1. The van der Waals surface area contributed by atoms with Crippen molar-refractivity contribution in [1.82, 2.24) is 10.2 Å². The SMILES string of the molecule is CCOCCNC(=O)c1ccc(C2c3ccccc3CN2C(N)=O)cc1. The van der Waals surface area contributed by atoms with Crippen molar-refractivity contribution in [2.45, 2.75) is 19.5 Å². The van der Waals surface area contributed by atoms with Gasteiger partial charge in [-0.05, 0) is 35.7 Å². The van der Waals surface area contributed by atoms with Crippen LogP contribution in [0, 0.1) is 0 Å². The number of nitrogens with zero attached hydrogens (tertiary/aromatic N) is 1. The molecule has 1 unspecified atom stereocenters. The molecule has 3 rings (SSSR count). The number of carbonyl (C=O) groups excluding carboxylic acids is 2. The third-order valence-electron chi connectivity index (χ3n) is 4.51. The molecule has 2 aromatic carbocycles. The second kappa shape index (κ2) is 8.01. The molecule has 0 fully saturated rings. The summed E-state index contributed by atoms with van der Waals surface area (Å²) in [6.45, 7) is 4.00. The van der Waals surface area contributed by atoms with Gasteiger partial charge in [0.1, 0.15) is 0 Å².